The van der Waals surface area contributed by atoms with Gasteiger partial charge in [0.2, 0.25) is 11.8 Å². The summed E-state index contributed by atoms with van der Waals surface area (Å²) < 4.78 is 0. The smallest absolute Gasteiger partial charge is 0.254 e. The summed E-state index contributed by atoms with van der Waals surface area (Å²) in [6.07, 6.45) is 1.72. The third-order valence-corrected chi connectivity index (χ3v) is 4.56. The van der Waals surface area contributed by atoms with E-state index in [-0.39, 0.29) is 30.8 Å². The van der Waals surface area contributed by atoms with Gasteiger partial charge in [0.25, 0.3) is 5.91 Å². The molecule has 0 aliphatic carbocycles. The molecule has 0 saturated heterocycles. The molecule has 154 valence electrons. The van der Waals surface area contributed by atoms with Crippen LogP contribution in [-0.4, -0.2) is 42.3 Å². The van der Waals surface area contributed by atoms with Crippen LogP contribution in [0.2, 0.25) is 0 Å². The van der Waals surface area contributed by atoms with Crippen molar-refractivity contribution in [2.75, 3.05) is 25.0 Å². The Balaban J connectivity index is 1.91. The molecule has 0 atom stereocenters. The van der Waals surface area contributed by atoms with E-state index in [4.69, 9.17) is 0 Å². The van der Waals surface area contributed by atoms with Crippen molar-refractivity contribution in [3.8, 4) is 0 Å². The summed E-state index contributed by atoms with van der Waals surface area (Å²) in [5, 5.41) is 5.33. The van der Waals surface area contributed by atoms with E-state index in [0.717, 1.165) is 24.0 Å². The molecule has 6 heteroatoms. The van der Waals surface area contributed by atoms with Crippen LogP contribution in [0.1, 0.15) is 41.3 Å². The Hall–Kier alpha value is -3.15. The first-order valence-electron chi connectivity index (χ1n) is 9.88. The Kier molecular flexibility index (Phi) is 8.40. The maximum Gasteiger partial charge on any atom is 0.254 e. The number of nitrogens with zero attached hydrogens (tertiary/aromatic N) is 1. The van der Waals surface area contributed by atoms with Gasteiger partial charge in [-0.25, -0.2) is 0 Å². The molecule has 0 fully saturated rings. The van der Waals surface area contributed by atoms with Gasteiger partial charge >= 0.3 is 0 Å². The minimum atomic E-state index is -0.359. The summed E-state index contributed by atoms with van der Waals surface area (Å²) in [6.45, 7) is 6.14. The van der Waals surface area contributed by atoms with Crippen LogP contribution < -0.4 is 10.6 Å². The van der Waals surface area contributed by atoms with Crippen LogP contribution in [0.25, 0.3) is 0 Å². The largest absolute Gasteiger partial charge is 0.345 e. The first-order valence-corrected chi connectivity index (χ1v) is 9.88. The molecule has 0 radical (unpaired) electrons. The van der Waals surface area contributed by atoms with Gasteiger partial charge in [0, 0.05) is 17.8 Å². The van der Waals surface area contributed by atoms with E-state index < -0.39 is 0 Å². The summed E-state index contributed by atoms with van der Waals surface area (Å²) in [6, 6.07) is 14.7. The highest BCUT2D eigenvalue weighted by Gasteiger charge is 2.20. The van der Waals surface area contributed by atoms with E-state index >= 15 is 0 Å². The van der Waals surface area contributed by atoms with Crippen molar-refractivity contribution in [3.63, 3.8) is 0 Å². The number of anilines is 1. The molecule has 3 amide bonds. The van der Waals surface area contributed by atoms with Crippen LogP contribution in [0.15, 0.2) is 48.5 Å². The molecule has 0 aliphatic rings. The van der Waals surface area contributed by atoms with Crippen LogP contribution in [-0.2, 0) is 9.59 Å². The van der Waals surface area contributed by atoms with E-state index in [1.807, 2.05) is 63.2 Å². The second-order valence-corrected chi connectivity index (χ2v) is 7.09. The molecule has 0 saturated carbocycles. The Bertz CT molecular complexity index is 847. The average Bonchev–Trinajstić information content (AvgIpc) is 2.71. The summed E-state index contributed by atoms with van der Waals surface area (Å²) in [5.41, 5.74) is 3.24. The summed E-state index contributed by atoms with van der Waals surface area (Å²) in [5.74, 6) is -0.842. The number of hydrogen-bond acceptors (Lipinski definition) is 3. The third kappa shape index (κ3) is 7.07. The second kappa shape index (κ2) is 11.0. The SMILES string of the molecule is CCCCN(CC(=O)NCC(=O)Nc1ccc(C)cc1)C(=O)c1ccccc1C. The third-order valence-electron chi connectivity index (χ3n) is 4.56. The number of benzene rings is 2. The van der Waals surface area contributed by atoms with Crippen LogP contribution in [0.3, 0.4) is 0 Å². The van der Waals surface area contributed by atoms with Crippen molar-refractivity contribution in [3.05, 3.63) is 65.2 Å². The lowest BCUT2D eigenvalue weighted by Crippen LogP contribution is -2.43. The number of carbonyl (C=O) groups excluding carboxylic acids is 3. The highest BCUT2D eigenvalue weighted by molar-refractivity contribution is 5.98. The lowest BCUT2D eigenvalue weighted by atomic mass is 10.1. The Morgan fingerprint density at radius 2 is 1.62 bits per heavy atom. The van der Waals surface area contributed by atoms with E-state index in [9.17, 15) is 14.4 Å². The van der Waals surface area contributed by atoms with Gasteiger partial charge in [-0.2, -0.15) is 0 Å². The van der Waals surface area contributed by atoms with E-state index in [0.29, 0.717) is 17.8 Å². The molecule has 0 bridgehead atoms. The first-order chi connectivity index (χ1) is 13.9. The Morgan fingerprint density at radius 3 is 2.28 bits per heavy atom. The minimum absolute atomic E-state index is 0.0784. The van der Waals surface area contributed by atoms with Crippen LogP contribution in [0.5, 0.6) is 0 Å². The van der Waals surface area contributed by atoms with Crippen LogP contribution in [0, 0.1) is 13.8 Å². The van der Waals surface area contributed by atoms with Gasteiger partial charge in [0.05, 0.1) is 13.1 Å². The lowest BCUT2D eigenvalue weighted by molar-refractivity contribution is -0.124. The Morgan fingerprint density at radius 1 is 0.931 bits per heavy atom. The van der Waals surface area contributed by atoms with Gasteiger partial charge in [0.15, 0.2) is 0 Å². The van der Waals surface area contributed by atoms with E-state index in [1.165, 1.54) is 0 Å². The first kappa shape index (κ1) is 22.1. The molecular formula is C23H29N3O3. The molecule has 0 aromatic heterocycles. The fourth-order valence-corrected chi connectivity index (χ4v) is 2.83. The average molecular weight is 396 g/mol. The normalized spacial score (nSPS) is 10.3. The maximum absolute atomic E-state index is 12.9. The zero-order chi connectivity index (χ0) is 21.2. The molecule has 2 aromatic carbocycles. The molecule has 2 aromatic rings. The van der Waals surface area contributed by atoms with Crippen molar-refractivity contribution in [1.82, 2.24) is 10.2 Å². The molecular weight excluding hydrogens is 366 g/mol. The fraction of sp³-hybridized carbons (Fsp3) is 0.348. The number of nitrogens with one attached hydrogen (secondary N) is 2. The van der Waals surface area contributed by atoms with Gasteiger partial charge in [-0.15, -0.1) is 0 Å². The molecule has 0 spiro atoms. The Labute approximate surface area is 172 Å². The van der Waals surface area contributed by atoms with Crippen molar-refractivity contribution >= 4 is 23.4 Å². The maximum atomic E-state index is 12.9. The van der Waals surface area contributed by atoms with Gasteiger partial charge < -0.3 is 15.5 Å². The van der Waals surface area contributed by atoms with E-state index in [1.54, 1.807) is 11.0 Å². The van der Waals surface area contributed by atoms with Crippen LogP contribution in [0.4, 0.5) is 5.69 Å². The number of carbonyl (C=O) groups is 3. The number of unbranched alkanes of at least 4 members (excludes halogenated alkanes) is 1. The zero-order valence-corrected chi connectivity index (χ0v) is 17.3. The summed E-state index contributed by atoms with van der Waals surface area (Å²) in [7, 11) is 0. The second-order valence-electron chi connectivity index (χ2n) is 7.09. The topological polar surface area (TPSA) is 78.5 Å². The molecule has 29 heavy (non-hydrogen) atoms. The van der Waals surface area contributed by atoms with Crippen molar-refractivity contribution in [1.29, 1.82) is 0 Å². The number of amides is 3. The monoisotopic (exact) mass is 395 g/mol. The quantitative estimate of drug-likeness (QED) is 0.684. The van der Waals surface area contributed by atoms with Gasteiger partial charge in [-0.3, -0.25) is 14.4 Å². The minimum Gasteiger partial charge on any atom is -0.345 e. The molecule has 2 N–H and O–H groups in total. The van der Waals surface area contributed by atoms with Crippen molar-refractivity contribution in [2.24, 2.45) is 0 Å². The fourth-order valence-electron chi connectivity index (χ4n) is 2.83. The highest BCUT2D eigenvalue weighted by Crippen LogP contribution is 2.11. The van der Waals surface area contributed by atoms with Crippen molar-refractivity contribution < 1.29 is 14.4 Å². The lowest BCUT2D eigenvalue weighted by Gasteiger charge is -2.23. The molecule has 2 rings (SSSR count). The van der Waals surface area contributed by atoms with Gasteiger partial charge in [-0.1, -0.05) is 49.2 Å². The number of hydrogen-bond donors (Lipinski definition) is 2. The summed E-state index contributed by atoms with van der Waals surface area (Å²) in [4.78, 5) is 38.8. The highest BCUT2D eigenvalue weighted by atomic mass is 16.2. The van der Waals surface area contributed by atoms with E-state index in [2.05, 4.69) is 10.6 Å². The van der Waals surface area contributed by atoms with Gasteiger partial charge in [-0.05, 0) is 44.0 Å². The summed E-state index contributed by atoms with van der Waals surface area (Å²) >= 11 is 0. The standard InChI is InChI=1S/C23H29N3O3/c1-4-5-14-26(23(29)20-9-7-6-8-18(20)3)16-22(28)24-15-21(27)25-19-12-10-17(2)11-13-19/h6-13H,4-5,14-16H2,1-3H3,(H,24,28)(H,25,27). The van der Waals surface area contributed by atoms with Gasteiger partial charge in [0.1, 0.15) is 0 Å². The molecule has 0 aliphatic heterocycles. The van der Waals surface area contributed by atoms with Crippen molar-refractivity contribution in [2.45, 2.75) is 33.6 Å². The van der Waals surface area contributed by atoms with Crippen LogP contribution >= 0.6 is 0 Å². The zero-order valence-electron chi connectivity index (χ0n) is 17.3. The number of rotatable bonds is 9. The molecule has 6 nitrogen and oxygen atoms in total. The molecule has 0 heterocycles. The number of aryl methyl sites for hydroxylation is 2. The predicted octanol–water partition coefficient (Wildman–Crippen LogP) is 3.30. The molecule has 0 unspecified atom stereocenters. The predicted molar refractivity (Wildman–Crippen MR) is 115 cm³/mol.